The lowest BCUT2D eigenvalue weighted by Gasteiger charge is -2.12. The highest BCUT2D eigenvalue weighted by atomic mass is 32.2. The van der Waals surface area contributed by atoms with Crippen molar-refractivity contribution in [1.29, 1.82) is 0 Å². The molecule has 1 saturated heterocycles. The molecule has 2 aromatic rings. The SMILES string of the molecule is O=C(NCc1cccnc1Oc1cccc(F)c1)C1CCS(=O)(=O)C1. The maximum atomic E-state index is 13.3. The second-order valence-corrected chi connectivity index (χ2v) is 8.07. The van der Waals surface area contributed by atoms with Crippen LogP contribution in [0.25, 0.3) is 0 Å². The summed E-state index contributed by atoms with van der Waals surface area (Å²) in [5.41, 5.74) is 0.612. The molecule has 1 aromatic heterocycles. The maximum Gasteiger partial charge on any atom is 0.224 e. The van der Waals surface area contributed by atoms with Crippen LogP contribution in [0.15, 0.2) is 42.6 Å². The third-order valence-electron chi connectivity index (χ3n) is 3.92. The van der Waals surface area contributed by atoms with Crippen molar-refractivity contribution in [1.82, 2.24) is 10.3 Å². The first kappa shape index (κ1) is 17.3. The molecule has 0 radical (unpaired) electrons. The molecule has 1 atom stereocenters. The number of sulfone groups is 1. The fourth-order valence-electron chi connectivity index (χ4n) is 2.62. The first-order valence-corrected chi connectivity index (χ1v) is 9.60. The Morgan fingerprint density at radius 2 is 2.16 bits per heavy atom. The molecule has 132 valence electrons. The number of hydrogen-bond acceptors (Lipinski definition) is 5. The Balaban J connectivity index is 1.66. The summed E-state index contributed by atoms with van der Waals surface area (Å²) in [5, 5.41) is 2.72. The molecule has 8 heteroatoms. The van der Waals surface area contributed by atoms with Gasteiger partial charge in [-0.3, -0.25) is 4.79 Å². The Bertz CT molecular complexity index is 886. The van der Waals surface area contributed by atoms with E-state index in [0.717, 1.165) is 0 Å². The fraction of sp³-hybridized carbons (Fsp3) is 0.294. The predicted molar refractivity (Wildman–Crippen MR) is 89.3 cm³/mol. The van der Waals surface area contributed by atoms with Gasteiger partial charge >= 0.3 is 0 Å². The largest absolute Gasteiger partial charge is 0.439 e. The molecule has 1 N–H and O–H groups in total. The normalized spacial score (nSPS) is 18.7. The minimum atomic E-state index is -3.11. The molecule has 0 saturated carbocycles. The number of rotatable bonds is 5. The van der Waals surface area contributed by atoms with Crippen molar-refractivity contribution in [2.45, 2.75) is 13.0 Å². The Morgan fingerprint density at radius 1 is 1.32 bits per heavy atom. The predicted octanol–water partition coefficient (Wildman–Crippen LogP) is 2.06. The van der Waals surface area contributed by atoms with Gasteiger partial charge in [0.15, 0.2) is 9.84 Å². The standard InChI is InChI=1S/C17H17FN2O4S/c18-14-4-1-5-15(9-14)24-17-12(3-2-7-19-17)10-20-16(21)13-6-8-25(22,23)11-13/h1-5,7,9,13H,6,8,10-11H2,(H,20,21). The summed E-state index contributed by atoms with van der Waals surface area (Å²) in [5.74, 6) is -0.757. The molecular formula is C17H17FN2O4S. The van der Waals surface area contributed by atoms with Crippen LogP contribution in [0, 0.1) is 11.7 Å². The molecule has 1 aliphatic rings. The van der Waals surface area contributed by atoms with Crippen molar-refractivity contribution >= 4 is 15.7 Å². The van der Waals surface area contributed by atoms with E-state index in [-0.39, 0.29) is 29.8 Å². The second-order valence-electron chi connectivity index (χ2n) is 5.84. The monoisotopic (exact) mass is 364 g/mol. The number of nitrogens with zero attached hydrogens (tertiary/aromatic N) is 1. The summed E-state index contributed by atoms with van der Waals surface area (Å²) < 4.78 is 41.8. The molecule has 6 nitrogen and oxygen atoms in total. The number of ether oxygens (including phenoxy) is 1. The fourth-order valence-corrected chi connectivity index (χ4v) is 4.36. The molecule has 0 spiro atoms. The molecule has 1 amide bonds. The van der Waals surface area contributed by atoms with E-state index in [9.17, 15) is 17.6 Å². The van der Waals surface area contributed by atoms with Crippen molar-refractivity contribution < 1.29 is 22.3 Å². The molecule has 1 aliphatic heterocycles. The van der Waals surface area contributed by atoms with Gasteiger partial charge in [-0.15, -0.1) is 0 Å². The van der Waals surface area contributed by atoms with Gasteiger partial charge in [-0.2, -0.15) is 0 Å². The van der Waals surface area contributed by atoms with Crippen LogP contribution < -0.4 is 10.1 Å². The Morgan fingerprint density at radius 3 is 2.88 bits per heavy atom. The lowest BCUT2D eigenvalue weighted by Crippen LogP contribution is -2.31. The Kier molecular flexibility index (Phi) is 4.98. The first-order chi connectivity index (χ1) is 11.9. The number of nitrogens with one attached hydrogen (secondary N) is 1. The van der Waals surface area contributed by atoms with Crippen LogP contribution in [0.2, 0.25) is 0 Å². The van der Waals surface area contributed by atoms with Crippen molar-refractivity contribution in [3.05, 3.63) is 54.0 Å². The van der Waals surface area contributed by atoms with Crippen LogP contribution in [0.3, 0.4) is 0 Å². The summed E-state index contributed by atoms with van der Waals surface area (Å²) in [7, 11) is -3.11. The molecule has 1 fully saturated rings. The number of carbonyl (C=O) groups excluding carboxylic acids is 1. The van der Waals surface area contributed by atoms with Gasteiger partial charge in [0.2, 0.25) is 11.8 Å². The highest BCUT2D eigenvalue weighted by Crippen LogP contribution is 2.24. The van der Waals surface area contributed by atoms with Gasteiger partial charge in [0.1, 0.15) is 11.6 Å². The molecule has 3 rings (SSSR count). The lowest BCUT2D eigenvalue weighted by molar-refractivity contribution is -0.124. The summed E-state index contributed by atoms with van der Waals surface area (Å²) in [4.78, 5) is 16.2. The van der Waals surface area contributed by atoms with Crippen LogP contribution in [0.4, 0.5) is 4.39 Å². The van der Waals surface area contributed by atoms with Crippen molar-refractivity contribution in [2.24, 2.45) is 5.92 Å². The van der Waals surface area contributed by atoms with Crippen LogP contribution in [0.1, 0.15) is 12.0 Å². The molecule has 0 bridgehead atoms. The van der Waals surface area contributed by atoms with Crippen LogP contribution in [0.5, 0.6) is 11.6 Å². The molecule has 2 heterocycles. The number of aromatic nitrogens is 1. The van der Waals surface area contributed by atoms with E-state index in [1.807, 2.05) is 0 Å². The van der Waals surface area contributed by atoms with Crippen LogP contribution in [-0.2, 0) is 21.2 Å². The number of pyridine rings is 1. The van der Waals surface area contributed by atoms with Gasteiger partial charge in [-0.1, -0.05) is 12.1 Å². The first-order valence-electron chi connectivity index (χ1n) is 7.78. The average Bonchev–Trinajstić information content (AvgIpc) is 2.94. The van der Waals surface area contributed by atoms with Gasteiger partial charge in [0.05, 0.1) is 17.4 Å². The van der Waals surface area contributed by atoms with Gasteiger partial charge in [0.25, 0.3) is 0 Å². The number of amides is 1. The van der Waals surface area contributed by atoms with E-state index >= 15 is 0 Å². The minimum absolute atomic E-state index is 0.0475. The van der Waals surface area contributed by atoms with Crippen LogP contribution in [-0.4, -0.2) is 30.8 Å². The number of benzene rings is 1. The van der Waals surface area contributed by atoms with E-state index in [0.29, 0.717) is 17.7 Å². The summed E-state index contributed by atoms with van der Waals surface area (Å²) in [6, 6.07) is 9.09. The Labute approximate surface area is 145 Å². The van der Waals surface area contributed by atoms with Gasteiger partial charge < -0.3 is 10.1 Å². The molecule has 1 aromatic carbocycles. The van der Waals surface area contributed by atoms with E-state index < -0.39 is 21.6 Å². The van der Waals surface area contributed by atoms with Gasteiger partial charge in [-0.05, 0) is 24.6 Å². The van der Waals surface area contributed by atoms with E-state index in [1.54, 1.807) is 18.2 Å². The second kappa shape index (κ2) is 7.18. The molecule has 25 heavy (non-hydrogen) atoms. The highest BCUT2D eigenvalue weighted by molar-refractivity contribution is 7.91. The summed E-state index contributed by atoms with van der Waals surface area (Å²) in [6.07, 6.45) is 1.87. The third-order valence-corrected chi connectivity index (χ3v) is 5.68. The molecule has 1 unspecified atom stereocenters. The smallest absolute Gasteiger partial charge is 0.224 e. The number of halogens is 1. The van der Waals surface area contributed by atoms with Gasteiger partial charge in [0, 0.05) is 24.4 Å². The quantitative estimate of drug-likeness (QED) is 0.878. The van der Waals surface area contributed by atoms with E-state index in [2.05, 4.69) is 10.3 Å². The minimum Gasteiger partial charge on any atom is -0.439 e. The summed E-state index contributed by atoms with van der Waals surface area (Å²) >= 11 is 0. The van der Waals surface area contributed by atoms with Crippen molar-refractivity contribution in [2.75, 3.05) is 11.5 Å². The molecule has 0 aliphatic carbocycles. The molecular weight excluding hydrogens is 347 g/mol. The van der Waals surface area contributed by atoms with E-state index in [4.69, 9.17) is 4.74 Å². The zero-order valence-corrected chi connectivity index (χ0v) is 14.1. The maximum absolute atomic E-state index is 13.3. The zero-order valence-electron chi connectivity index (χ0n) is 13.3. The van der Waals surface area contributed by atoms with Crippen molar-refractivity contribution in [3.8, 4) is 11.6 Å². The lowest BCUT2D eigenvalue weighted by atomic mass is 10.1. The Hall–Kier alpha value is -2.48. The number of hydrogen-bond donors (Lipinski definition) is 1. The third kappa shape index (κ3) is 4.54. The number of carbonyl (C=O) groups is 1. The topological polar surface area (TPSA) is 85.4 Å². The van der Waals surface area contributed by atoms with Crippen LogP contribution >= 0.6 is 0 Å². The summed E-state index contributed by atoms with van der Waals surface area (Å²) in [6.45, 7) is 0.147. The highest BCUT2D eigenvalue weighted by Gasteiger charge is 2.32. The zero-order chi connectivity index (χ0) is 17.9. The average molecular weight is 364 g/mol. The van der Waals surface area contributed by atoms with Gasteiger partial charge in [-0.25, -0.2) is 17.8 Å². The van der Waals surface area contributed by atoms with E-state index in [1.165, 1.54) is 24.4 Å². The van der Waals surface area contributed by atoms with Crippen molar-refractivity contribution in [3.63, 3.8) is 0 Å².